The third-order valence-corrected chi connectivity index (χ3v) is 3.47. The molecule has 1 atom stereocenters. The molecule has 1 aromatic carbocycles. The molecule has 2 aromatic rings. The minimum absolute atomic E-state index is 0.491. The van der Waals surface area contributed by atoms with E-state index in [4.69, 9.17) is 4.74 Å². The molecule has 4 heteroatoms. The molecule has 1 aliphatic heterocycles. The molecule has 0 saturated carbocycles. The van der Waals surface area contributed by atoms with Crippen molar-refractivity contribution < 1.29 is 9.84 Å². The van der Waals surface area contributed by atoms with Crippen molar-refractivity contribution in [3.05, 3.63) is 48.2 Å². The number of ether oxygens (including phenoxy) is 1. The summed E-state index contributed by atoms with van der Waals surface area (Å²) in [4.78, 5) is 6.59. The van der Waals surface area contributed by atoms with Crippen LogP contribution in [0.1, 0.15) is 25.0 Å². The minimum atomic E-state index is -0.491. The summed E-state index contributed by atoms with van der Waals surface area (Å²) >= 11 is 0. The molecule has 0 fully saturated rings. The van der Waals surface area contributed by atoms with Crippen molar-refractivity contribution in [2.45, 2.75) is 19.4 Å². The highest BCUT2D eigenvalue weighted by molar-refractivity contribution is 5.67. The third kappa shape index (κ3) is 2.47. The first kappa shape index (κ1) is 12.9. The van der Waals surface area contributed by atoms with Gasteiger partial charge in [0.25, 0.3) is 0 Å². The van der Waals surface area contributed by atoms with E-state index in [2.05, 4.69) is 9.88 Å². The normalized spacial score (nSPS) is 16.0. The Morgan fingerprint density at radius 1 is 1.30 bits per heavy atom. The van der Waals surface area contributed by atoms with Crippen LogP contribution >= 0.6 is 0 Å². The van der Waals surface area contributed by atoms with E-state index < -0.39 is 6.10 Å². The smallest absolute Gasteiger partial charge is 0.142 e. The Morgan fingerprint density at radius 3 is 3.00 bits per heavy atom. The van der Waals surface area contributed by atoms with Gasteiger partial charge in [0.05, 0.1) is 18.4 Å². The van der Waals surface area contributed by atoms with E-state index in [1.165, 1.54) is 0 Å². The average Bonchev–Trinajstić information content (AvgIpc) is 2.69. The third-order valence-electron chi connectivity index (χ3n) is 3.47. The van der Waals surface area contributed by atoms with Gasteiger partial charge in [-0.15, -0.1) is 0 Å². The Balaban J connectivity index is 2.03. The number of anilines is 2. The Hall–Kier alpha value is -2.07. The van der Waals surface area contributed by atoms with Crippen LogP contribution in [0, 0.1) is 0 Å². The Kier molecular flexibility index (Phi) is 3.56. The van der Waals surface area contributed by atoms with Crippen molar-refractivity contribution in [2.24, 2.45) is 0 Å². The fourth-order valence-electron chi connectivity index (χ4n) is 2.41. The van der Waals surface area contributed by atoms with Crippen LogP contribution in [0.2, 0.25) is 0 Å². The summed E-state index contributed by atoms with van der Waals surface area (Å²) in [6.45, 7) is 3.33. The molecule has 0 aliphatic carbocycles. The van der Waals surface area contributed by atoms with Crippen molar-refractivity contribution in [2.75, 3.05) is 18.1 Å². The molecule has 0 saturated heterocycles. The molecular weight excluding hydrogens is 252 g/mol. The van der Waals surface area contributed by atoms with Gasteiger partial charge in [-0.25, -0.2) is 4.98 Å². The van der Waals surface area contributed by atoms with Crippen LogP contribution in [0.4, 0.5) is 11.5 Å². The molecule has 4 nitrogen and oxygen atoms in total. The first-order chi connectivity index (χ1) is 9.75. The highest BCUT2D eigenvalue weighted by Gasteiger charge is 2.18. The summed E-state index contributed by atoms with van der Waals surface area (Å²) in [5.74, 6) is 1.73. The second kappa shape index (κ2) is 5.51. The summed E-state index contributed by atoms with van der Waals surface area (Å²) < 4.78 is 5.76. The number of nitrogens with zero attached hydrogens (tertiary/aromatic N) is 2. The van der Waals surface area contributed by atoms with E-state index in [0.717, 1.165) is 35.8 Å². The number of pyridine rings is 1. The number of para-hydroxylation sites is 2. The van der Waals surface area contributed by atoms with Gasteiger partial charge in [0.15, 0.2) is 0 Å². The Labute approximate surface area is 118 Å². The van der Waals surface area contributed by atoms with E-state index in [0.29, 0.717) is 6.61 Å². The molecule has 1 N–H and O–H groups in total. The van der Waals surface area contributed by atoms with E-state index in [9.17, 15) is 5.11 Å². The molecule has 0 bridgehead atoms. The quantitative estimate of drug-likeness (QED) is 0.911. The number of rotatable bonds is 2. The van der Waals surface area contributed by atoms with Gasteiger partial charge in [-0.3, -0.25) is 0 Å². The van der Waals surface area contributed by atoms with Crippen LogP contribution in [0.3, 0.4) is 0 Å². The van der Waals surface area contributed by atoms with Crippen molar-refractivity contribution in [1.29, 1.82) is 0 Å². The van der Waals surface area contributed by atoms with Crippen LogP contribution in [-0.4, -0.2) is 23.2 Å². The minimum Gasteiger partial charge on any atom is -0.491 e. The molecule has 0 radical (unpaired) electrons. The van der Waals surface area contributed by atoms with Gasteiger partial charge in [0.2, 0.25) is 0 Å². The maximum Gasteiger partial charge on any atom is 0.142 e. The summed E-state index contributed by atoms with van der Waals surface area (Å²) in [5.41, 5.74) is 1.90. The fourth-order valence-corrected chi connectivity index (χ4v) is 2.41. The molecular formula is C16H18N2O2. The van der Waals surface area contributed by atoms with Gasteiger partial charge in [-0.05, 0) is 43.2 Å². The molecule has 2 heterocycles. The maximum absolute atomic E-state index is 9.73. The van der Waals surface area contributed by atoms with E-state index in [1.54, 1.807) is 13.1 Å². The van der Waals surface area contributed by atoms with Crippen molar-refractivity contribution in [1.82, 2.24) is 4.98 Å². The number of benzene rings is 1. The molecule has 1 aliphatic rings. The lowest BCUT2D eigenvalue weighted by Gasteiger charge is -2.23. The number of fused-ring (bicyclic) bond motifs is 1. The molecule has 104 valence electrons. The Morgan fingerprint density at radius 2 is 2.15 bits per heavy atom. The molecule has 1 unspecified atom stereocenters. The van der Waals surface area contributed by atoms with Gasteiger partial charge in [0.1, 0.15) is 11.6 Å². The second-order valence-corrected chi connectivity index (χ2v) is 4.94. The number of hydrogen-bond acceptors (Lipinski definition) is 4. The van der Waals surface area contributed by atoms with Crippen LogP contribution < -0.4 is 9.64 Å². The van der Waals surface area contributed by atoms with Crippen LogP contribution in [-0.2, 0) is 0 Å². The highest BCUT2D eigenvalue weighted by Crippen LogP contribution is 2.35. The molecule has 0 amide bonds. The van der Waals surface area contributed by atoms with Crippen molar-refractivity contribution in [3.63, 3.8) is 0 Å². The average molecular weight is 270 g/mol. The number of aromatic nitrogens is 1. The second-order valence-electron chi connectivity index (χ2n) is 4.94. The largest absolute Gasteiger partial charge is 0.491 e. The summed E-state index contributed by atoms with van der Waals surface area (Å²) in [5, 5.41) is 9.73. The topological polar surface area (TPSA) is 45.6 Å². The number of hydrogen-bond donors (Lipinski definition) is 1. The van der Waals surface area contributed by atoms with Crippen LogP contribution in [0.5, 0.6) is 5.75 Å². The summed E-state index contributed by atoms with van der Waals surface area (Å²) in [7, 11) is 0. The highest BCUT2D eigenvalue weighted by atomic mass is 16.5. The monoisotopic (exact) mass is 270 g/mol. The zero-order valence-electron chi connectivity index (χ0n) is 11.5. The lowest BCUT2D eigenvalue weighted by molar-refractivity contribution is 0.199. The van der Waals surface area contributed by atoms with E-state index in [1.807, 2.05) is 36.4 Å². The predicted octanol–water partition coefficient (Wildman–Crippen LogP) is 3.06. The zero-order valence-corrected chi connectivity index (χ0v) is 11.5. The first-order valence-corrected chi connectivity index (χ1v) is 6.89. The lowest BCUT2D eigenvalue weighted by Crippen LogP contribution is -2.19. The van der Waals surface area contributed by atoms with Gasteiger partial charge in [0, 0.05) is 12.7 Å². The van der Waals surface area contributed by atoms with Crippen LogP contribution in [0.15, 0.2) is 42.6 Å². The first-order valence-electron chi connectivity index (χ1n) is 6.89. The lowest BCUT2D eigenvalue weighted by atomic mass is 10.1. The van der Waals surface area contributed by atoms with E-state index in [-0.39, 0.29) is 0 Å². The van der Waals surface area contributed by atoms with E-state index >= 15 is 0 Å². The number of aliphatic hydroxyl groups excluding tert-OH is 1. The van der Waals surface area contributed by atoms with Gasteiger partial charge < -0.3 is 14.7 Å². The molecule has 0 spiro atoms. The summed E-state index contributed by atoms with van der Waals surface area (Å²) in [6, 6.07) is 11.8. The van der Waals surface area contributed by atoms with Gasteiger partial charge in [-0.2, -0.15) is 0 Å². The number of aliphatic hydroxyl groups is 1. The zero-order chi connectivity index (χ0) is 13.9. The van der Waals surface area contributed by atoms with Gasteiger partial charge in [-0.1, -0.05) is 12.1 Å². The van der Waals surface area contributed by atoms with Gasteiger partial charge >= 0.3 is 0 Å². The van der Waals surface area contributed by atoms with Crippen LogP contribution in [0.25, 0.3) is 0 Å². The van der Waals surface area contributed by atoms with Crippen molar-refractivity contribution in [3.8, 4) is 5.75 Å². The maximum atomic E-state index is 9.73. The molecule has 20 heavy (non-hydrogen) atoms. The fraction of sp³-hybridized carbons (Fsp3) is 0.312. The van der Waals surface area contributed by atoms with Crippen molar-refractivity contribution >= 4 is 11.5 Å². The standard InChI is InChI=1S/C16H18N2O2/c1-12(19)13-7-8-17-16(11-13)18-9-4-10-20-15-6-3-2-5-14(15)18/h2-3,5-8,11-12,19H,4,9-10H2,1H3. The predicted molar refractivity (Wildman–Crippen MR) is 78.4 cm³/mol. The molecule has 1 aromatic heterocycles. The SMILES string of the molecule is CC(O)c1ccnc(N2CCCOc3ccccc32)c1. The summed E-state index contributed by atoms with van der Waals surface area (Å²) in [6.07, 6.45) is 2.19. The molecule has 3 rings (SSSR count). The Bertz CT molecular complexity index is 599.